The van der Waals surface area contributed by atoms with Crippen LogP contribution < -0.4 is 5.56 Å². The Balaban J connectivity index is 2.37. The molecule has 0 aliphatic carbocycles. The third-order valence-electron chi connectivity index (χ3n) is 2.90. The zero-order chi connectivity index (χ0) is 14.2. The van der Waals surface area contributed by atoms with E-state index < -0.39 is 0 Å². The van der Waals surface area contributed by atoms with Gasteiger partial charge in [0.1, 0.15) is 4.47 Å². The van der Waals surface area contributed by atoms with Gasteiger partial charge in [-0.05, 0) is 33.6 Å². The summed E-state index contributed by atoms with van der Waals surface area (Å²) >= 11 is 9.23. The number of hydrogen-bond acceptors (Lipinski definition) is 1. The van der Waals surface area contributed by atoms with E-state index in [2.05, 4.69) is 41.8 Å². The van der Waals surface area contributed by atoms with Crippen LogP contribution in [0.2, 0.25) is 5.02 Å². The summed E-state index contributed by atoms with van der Waals surface area (Å²) < 4.78 is 2.21. The van der Waals surface area contributed by atoms with Gasteiger partial charge in [0.2, 0.25) is 0 Å². The van der Waals surface area contributed by atoms with Gasteiger partial charge in [0.25, 0.3) is 5.56 Å². The van der Waals surface area contributed by atoms with Crippen LogP contribution in [0.5, 0.6) is 0 Å². The molecule has 3 nitrogen and oxygen atoms in total. The van der Waals surface area contributed by atoms with E-state index >= 15 is 0 Å². The average Bonchev–Trinajstić information content (AvgIpc) is 2.60. The smallest absolute Gasteiger partial charge is 0.281 e. The van der Waals surface area contributed by atoms with Gasteiger partial charge in [-0.25, -0.2) is 4.68 Å². The van der Waals surface area contributed by atoms with Gasteiger partial charge in [-0.1, -0.05) is 44.5 Å². The fraction of sp³-hybridized carbons (Fsp3) is 0.357. The Morgan fingerprint density at radius 3 is 2.32 bits per heavy atom. The highest BCUT2D eigenvalue weighted by Crippen LogP contribution is 2.25. The van der Waals surface area contributed by atoms with Crippen LogP contribution in [0.3, 0.4) is 0 Å². The molecule has 2 rings (SSSR count). The summed E-state index contributed by atoms with van der Waals surface area (Å²) in [6.45, 7) is 6.70. The third-order valence-corrected chi connectivity index (χ3v) is 3.89. The lowest BCUT2D eigenvalue weighted by Crippen LogP contribution is -2.17. The second-order valence-corrected chi connectivity index (χ2v) is 6.80. The lowest BCUT2D eigenvalue weighted by atomic mass is 9.93. The molecule has 1 N–H and O–H groups in total. The molecule has 5 heteroatoms. The number of aromatic nitrogens is 2. The van der Waals surface area contributed by atoms with Crippen molar-refractivity contribution in [1.29, 1.82) is 0 Å². The standard InChI is InChI=1S/C14H16BrClN2O/c1-14(2,3)12-11(15)13(19)18(17-12)8-9-4-6-10(16)7-5-9/h4-7,17H,8H2,1-3H3. The minimum Gasteiger partial charge on any atom is -0.298 e. The predicted molar refractivity (Wildman–Crippen MR) is 82.0 cm³/mol. The number of halogens is 2. The maximum atomic E-state index is 12.2. The summed E-state index contributed by atoms with van der Waals surface area (Å²) in [5.74, 6) is 0. The number of aromatic amines is 1. The van der Waals surface area contributed by atoms with Gasteiger partial charge in [0.05, 0.1) is 12.2 Å². The molecular weight excluding hydrogens is 328 g/mol. The number of nitrogens with one attached hydrogen (secondary N) is 1. The Labute approximate surface area is 125 Å². The van der Waals surface area contributed by atoms with Crippen LogP contribution in [0, 0.1) is 0 Å². The fourth-order valence-electron chi connectivity index (χ4n) is 1.84. The van der Waals surface area contributed by atoms with E-state index in [0.29, 0.717) is 16.0 Å². The van der Waals surface area contributed by atoms with Crippen molar-refractivity contribution in [1.82, 2.24) is 9.78 Å². The first kappa shape index (κ1) is 14.4. The molecule has 2 aromatic rings. The fourth-order valence-corrected chi connectivity index (χ4v) is 2.86. The van der Waals surface area contributed by atoms with Crippen molar-refractivity contribution in [3.8, 4) is 0 Å². The maximum Gasteiger partial charge on any atom is 0.281 e. The SMILES string of the molecule is CC(C)(C)c1[nH]n(Cc2ccc(Cl)cc2)c(=O)c1Br. The normalized spacial score (nSPS) is 11.8. The summed E-state index contributed by atoms with van der Waals surface area (Å²) in [6.07, 6.45) is 0. The Hall–Kier alpha value is -1.00. The van der Waals surface area contributed by atoms with Crippen LogP contribution in [0.4, 0.5) is 0 Å². The first-order chi connectivity index (χ1) is 8.79. The molecule has 0 aliphatic heterocycles. The molecule has 1 heterocycles. The van der Waals surface area contributed by atoms with Crippen molar-refractivity contribution in [3.63, 3.8) is 0 Å². The van der Waals surface area contributed by atoms with E-state index in [1.807, 2.05) is 24.3 Å². The molecule has 0 spiro atoms. The van der Waals surface area contributed by atoms with Gasteiger partial charge in [-0.2, -0.15) is 0 Å². The lowest BCUT2D eigenvalue weighted by Gasteiger charge is -2.16. The van der Waals surface area contributed by atoms with Crippen molar-refractivity contribution < 1.29 is 0 Å². The molecule has 0 radical (unpaired) electrons. The summed E-state index contributed by atoms with van der Waals surface area (Å²) in [6, 6.07) is 7.48. The highest BCUT2D eigenvalue weighted by atomic mass is 79.9. The molecular formula is C14H16BrClN2O. The molecule has 0 unspecified atom stereocenters. The van der Waals surface area contributed by atoms with Gasteiger partial charge in [0, 0.05) is 10.4 Å². The number of benzene rings is 1. The molecule has 0 aliphatic rings. The molecule has 1 aromatic carbocycles. The van der Waals surface area contributed by atoms with Crippen molar-refractivity contribution in [2.24, 2.45) is 0 Å². The molecule has 102 valence electrons. The van der Waals surface area contributed by atoms with Gasteiger partial charge < -0.3 is 0 Å². The number of H-pyrrole nitrogens is 1. The second kappa shape index (κ2) is 5.17. The lowest BCUT2D eigenvalue weighted by molar-refractivity contribution is 0.541. The van der Waals surface area contributed by atoms with Crippen LogP contribution >= 0.6 is 27.5 Å². The molecule has 0 bridgehead atoms. The quantitative estimate of drug-likeness (QED) is 0.881. The Kier molecular flexibility index (Phi) is 3.92. The molecule has 0 saturated carbocycles. The van der Waals surface area contributed by atoms with Crippen LogP contribution in [0.1, 0.15) is 32.0 Å². The van der Waals surface area contributed by atoms with E-state index in [0.717, 1.165) is 11.3 Å². The van der Waals surface area contributed by atoms with Crippen LogP contribution in [-0.2, 0) is 12.0 Å². The second-order valence-electron chi connectivity index (χ2n) is 5.57. The molecule has 0 saturated heterocycles. The highest BCUT2D eigenvalue weighted by molar-refractivity contribution is 9.10. The van der Waals surface area contributed by atoms with E-state index in [9.17, 15) is 4.79 Å². The van der Waals surface area contributed by atoms with Gasteiger partial charge in [-0.3, -0.25) is 9.89 Å². The molecule has 0 amide bonds. The van der Waals surface area contributed by atoms with E-state index in [1.165, 1.54) is 0 Å². The monoisotopic (exact) mass is 342 g/mol. The highest BCUT2D eigenvalue weighted by Gasteiger charge is 2.22. The third kappa shape index (κ3) is 3.12. The zero-order valence-corrected chi connectivity index (χ0v) is 13.5. The molecule has 0 fully saturated rings. The Morgan fingerprint density at radius 2 is 1.84 bits per heavy atom. The Morgan fingerprint density at radius 1 is 1.26 bits per heavy atom. The minimum absolute atomic E-state index is 0.0418. The molecule has 19 heavy (non-hydrogen) atoms. The molecule has 1 aromatic heterocycles. The van der Waals surface area contributed by atoms with Crippen LogP contribution in [0.15, 0.2) is 33.5 Å². The van der Waals surface area contributed by atoms with Crippen molar-refractivity contribution >= 4 is 27.5 Å². The summed E-state index contributed by atoms with van der Waals surface area (Å²) in [5.41, 5.74) is 1.79. The van der Waals surface area contributed by atoms with Crippen LogP contribution in [0.25, 0.3) is 0 Å². The Bertz CT molecular complexity index is 635. The number of rotatable bonds is 2. The maximum absolute atomic E-state index is 12.2. The van der Waals surface area contributed by atoms with E-state index in [-0.39, 0.29) is 11.0 Å². The van der Waals surface area contributed by atoms with Gasteiger partial charge in [-0.15, -0.1) is 0 Å². The number of hydrogen-bond donors (Lipinski definition) is 1. The van der Waals surface area contributed by atoms with Crippen molar-refractivity contribution in [2.45, 2.75) is 32.7 Å². The van der Waals surface area contributed by atoms with Gasteiger partial charge in [0.15, 0.2) is 0 Å². The summed E-state index contributed by atoms with van der Waals surface area (Å²) in [4.78, 5) is 12.2. The summed E-state index contributed by atoms with van der Waals surface area (Å²) in [5, 5.41) is 3.87. The zero-order valence-electron chi connectivity index (χ0n) is 11.1. The first-order valence-corrected chi connectivity index (χ1v) is 7.19. The van der Waals surface area contributed by atoms with E-state index in [1.54, 1.807) is 4.68 Å². The van der Waals surface area contributed by atoms with Crippen molar-refractivity contribution in [3.05, 3.63) is 55.4 Å². The average molecular weight is 344 g/mol. The predicted octanol–water partition coefficient (Wildman–Crippen LogP) is 3.94. The van der Waals surface area contributed by atoms with E-state index in [4.69, 9.17) is 11.6 Å². The largest absolute Gasteiger partial charge is 0.298 e. The van der Waals surface area contributed by atoms with Crippen LogP contribution in [-0.4, -0.2) is 9.78 Å². The first-order valence-electron chi connectivity index (χ1n) is 6.02. The topological polar surface area (TPSA) is 37.8 Å². The van der Waals surface area contributed by atoms with Crippen molar-refractivity contribution in [2.75, 3.05) is 0 Å². The minimum atomic E-state index is -0.108. The number of nitrogens with zero attached hydrogens (tertiary/aromatic N) is 1. The molecule has 0 atom stereocenters. The summed E-state index contributed by atoms with van der Waals surface area (Å²) in [7, 11) is 0. The van der Waals surface area contributed by atoms with Gasteiger partial charge >= 0.3 is 0 Å².